The number of aromatic nitrogens is 2. The largest absolute Gasteiger partial charge is 0.352 e. The van der Waals surface area contributed by atoms with E-state index in [1.165, 1.54) is 30.2 Å². The minimum Gasteiger partial charge on any atom is -0.352 e. The Morgan fingerprint density at radius 1 is 1.19 bits per heavy atom. The molecule has 3 aromatic rings. The zero-order chi connectivity index (χ0) is 17.9. The number of aryl methyl sites for hydroxylation is 1. The number of amides is 1. The van der Waals surface area contributed by atoms with Crippen LogP contribution in [-0.2, 0) is 4.79 Å². The SMILES string of the molecule is Cc1ccc2nc(S[C@H](C(=O)NC3CCCC3)c3ccccc3)[nH]c2c1. The summed E-state index contributed by atoms with van der Waals surface area (Å²) >= 11 is 1.49. The number of aromatic amines is 1. The van der Waals surface area contributed by atoms with Crippen LogP contribution in [0.5, 0.6) is 0 Å². The number of benzene rings is 2. The van der Waals surface area contributed by atoms with Gasteiger partial charge in [-0.1, -0.05) is 61.0 Å². The molecule has 1 aromatic heterocycles. The molecule has 1 aliphatic carbocycles. The Kier molecular flexibility index (Phi) is 4.98. The number of thioether (sulfide) groups is 1. The summed E-state index contributed by atoms with van der Waals surface area (Å²) in [6.45, 7) is 2.06. The van der Waals surface area contributed by atoms with Crippen LogP contribution in [0.4, 0.5) is 0 Å². The molecule has 4 nitrogen and oxygen atoms in total. The van der Waals surface area contributed by atoms with Gasteiger partial charge in [-0.3, -0.25) is 4.79 Å². The van der Waals surface area contributed by atoms with E-state index in [0.717, 1.165) is 34.6 Å². The van der Waals surface area contributed by atoms with E-state index in [-0.39, 0.29) is 11.2 Å². The zero-order valence-corrected chi connectivity index (χ0v) is 15.7. The molecule has 5 heteroatoms. The van der Waals surface area contributed by atoms with Crippen LogP contribution in [0.2, 0.25) is 0 Å². The first-order valence-corrected chi connectivity index (χ1v) is 10.1. The molecule has 1 aliphatic rings. The van der Waals surface area contributed by atoms with E-state index < -0.39 is 0 Å². The number of nitrogens with zero attached hydrogens (tertiary/aromatic N) is 1. The Labute approximate surface area is 157 Å². The van der Waals surface area contributed by atoms with Crippen molar-refractivity contribution >= 4 is 28.7 Å². The van der Waals surface area contributed by atoms with Gasteiger partial charge in [0.1, 0.15) is 5.25 Å². The number of rotatable bonds is 5. The number of nitrogens with one attached hydrogen (secondary N) is 2. The highest BCUT2D eigenvalue weighted by molar-refractivity contribution is 8.00. The quantitative estimate of drug-likeness (QED) is 0.641. The average Bonchev–Trinajstić information content (AvgIpc) is 3.29. The fourth-order valence-corrected chi connectivity index (χ4v) is 4.53. The topological polar surface area (TPSA) is 57.8 Å². The van der Waals surface area contributed by atoms with Gasteiger partial charge >= 0.3 is 0 Å². The minimum atomic E-state index is -0.307. The normalized spacial score (nSPS) is 16.0. The Morgan fingerprint density at radius 2 is 1.96 bits per heavy atom. The van der Waals surface area contributed by atoms with Gasteiger partial charge < -0.3 is 10.3 Å². The molecule has 2 aromatic carbocycles. The molecule has 1 fully saturated rings. The van der Waals surface area contributed by atoms with Crippen LogP contribution in [0.25, 0.3) is 11.0 Å². The number of hydrogen-bond donors (Lipinski definition) is 2. The summed E-state index contributed by atoms with van der Waals surface area (Å²) in [4.78, 5) is 21.0. The molecular weight excluding hydrogens is 342 g/mol. The molecule has 0 unspecified atom stereocenters. The van der Waals surface area contributed by atoms with Crippen LogP contribution >= 0.6 is 11.8 Å². The van der Waals surface area contributed by atoms with E-state index in [9.17, 15) is 4.79 Å². The fraction of sp³-hybridized carbons (Fsp3) is 0.333. The molecule has 0 radical (unpaired) electrons. The average molecular weight is 366 g/mol. The molecule has 1 atom stereocenters. The van der Waals surface area contributed by atoms with Gasteiger partial charge in [-0.05, 0) is 43.0 Å². The van der Waals surface area contributed by atoms with Crippen molar-refractivity contribution in [3.05, 3.63) is 59.7 Å². The highest BCUT2D eigenvalue weighted by Crippen LogP contribution is 2.35. The van der Waals surface area contributed by atoms with Gasteiger partial charge in [0.25, 0.3) is 0 Å². The molecular formula is C21H23N3OS. The lowest BCUT2D eigenvalue weighted by atomic mass is 10.1. The summed E-state index contributed by atoms with van der Waals surface area (Å²) in [5.74, 6) is 0.0738. The maximum atomic E-state index is 13.0. The van der Waals surface area contributed by atoms with Crippen molar-refractivity contribution in [3.8, 4) is 0 Å². The second kappa shape index (κ2) is 7.54. The standard InChI is InChI=1S/C21H23N3OS/c1-14-11-12-17-18(13-14)24-21(23-17)26-19(15-7-3-2-4-8-15)20(25)22-16-9-5-6-10-16/h2-4,7-8,11-13,16,19H,5-6,9-10H2,1H3,(H,22,25)(H,23,24)/t19-/m0/s1. The Morgan fingerprint density at radius 3 is 2.73 bits per heavy atom. The van der Waals surface area contributed by atoms with E-state index in [2.05, 4.69) is 34.3 Å². The van der Waals surface area contributed by atoms with E-state index in [1.54, 1.807) is 0 Å². The van der Waals surface area contributed by atoms with Crippen molar-refractivity contribution in [2.75, 3.05) is 0 Å². The second-order valence-electron chi connectivity index (χ2n) is 6.96. The van der Waals surface area contributed by atoms with Gasteiger partial charge in [-0.15, -0.1) is 0 Å². The summed E-state index contributed by atoms with van der Waals surface area (Å²) < 4.78 is 0. The smallest absolute Gasteiger partial charge is 0.238 e. The third-order valence-corrected chi connectivity index (χ3v) is 6.03. The molecule has 26 heavy (non-hydrogen) atoms. The molecule has 0 saturated heterocycles. The van der Waals surface area contributed by atoms with Crippen molar-refractivity contribution in [2.24, 2.45) is 0 Å². The highest BCUT2D eigenvalue weighted by Gasteiger charge is 2.26. The Bertz CT molecular complexity index is 900. The predicted octanol–water partition coefficient (Wildman–Crippen LogP) is 4.76. The van der Waals surface area contributed by atoms with E-state index in [1.807, 2.05) is 36.4 Å². The Hall–Kier alpha value is -2.27. The lowest BCUT2D eigenvalue weighted by Crippen LogP contribution is -2.35. The van der Waals surface area contributed by atoms with Crippen molar-refractivity contribution in [1.82, 2.24) is 15.3 Å². The fourth-order valence-electron chi connectivity index (χ4n) is 3.52. The summed E-state index contributed by atoms with van der Waals surface area (Å²) in [6, 6.07) is 16.4. The summed E-state index contributed by atoms with van der Waals surface area (Å²) in [7, 11) is 0. The molecule has 4 rings (SSSR count). The van der Waals surface area contributed by atoms with E-state index in [4.69, 9.17) is 0 Å². The lowest BCUT2D eigenvalue weighted by Gasteiger charge is -2.19. The number of hydrogen-bond acceptors (Lipinski definition) is 3. The Balaban J connectivity index is 1.60. The van der Waals surface area contributed by atoms with Crippen molar-refractivity contribution in [3.63, 3.8) is 0 Å². The third kappa shape index (κ3) is 3.78. The van der Waals surface area contributed by atoms with Crippen LogP contribution in [0.15, 0.2) is 53.7 Å². The number of carbonyl (C=O) groups excluding carboxylic acids is 1. The monoisotopic (exact) mass is 365 g/mol. The molecule has 1 heterocycles. The first-order chi connectivity index (χ1) is 12.7. The molecule has 1 amide bonds. The lowest BCUT2D eigenvalue weighted by molar-refractivity contribution is -0.121. The number of imidazole rings is 1. The van der Waals surface area contributed by atoms with Gasteiger partial charge in [0.2, 0.25) is 5.91 Å². The summed E-state index contributed by atoms with van der Waals surface area (Å²) in [6.07, 6.45) is 4.58. The summed E-state index contributed by atoms with van der Waals surface area (Å²) in [5.41, 5.74) is 4.14. The zero-order valence-electron chi connectivity index (χ0n) is 14.9. The van der Waals surface area contributed by atoms with Gasteiger partial charge in [0, 0.05) is 6.04 Å². The number of fused-ring (bicyclic) bond motifs is 1. The van der Waals surface area contributed by atoms with Crippen LogP contribution in [0.1, 0.15) is 42.1 Å². The first-order valence-electron chi connectivity index (χ1n) is 9.17. The van der Waals surface area contributed by atoms with Crippen LogP contribution in [0.3, 0.4) is 0 Å². The minimum absolute atomic E-state index is 0.0738. The highest BCUT2D eigenvalue weighted by atomic mass is 32.2. The van der Waals surface area contributed by atoms with Gasteiger partial charge in [0.05, 0.1) is 11.0 Å². The molecule has 0 spiro atoms. The van der Waals surface area contributed by atoms with E-state index in [0.29, 0.717) is 6.04 Å². The van der Waals surface area contributed by atoms with Crippen molar-refractivity contribution in [1.29, 1.82) is 0 Å². The molecule has 1 saturated carbocycles. The van der Waals surface area contributed by atoms with Crippen molar-refractivity contribution < 1.29 is 4.79 Å². The van der Waals surface area contributed by atoms with Gasteiger partial charge in [-0.25, -0.2) is 4.98 Å². The molecule has 0 bridgehead atoms. The predicted molar refractivity (Wildman–Crippen MR) is 106 cm³/mol. The molecule has 134 valence electrons. The number of carbonyl (C=O) groups is 1. The van der Waals surface area contributed by atoms with Crippen LogP contribution in [0, 0.1) is 6.92 Å². The maximum absolute atomic E-state index is 13.0. The van der Waals surface area contributed by atoms with Gasteiger partial charge in [0.15, 0.2) is 5.16 Å². The molecule has 2 N–H and O–H groups in total. The third-order valence-electron chi connectivity index (χ3n) is 4.89. The maximum Gasteiger partial charge on any atom is 0.238 e. The molecule has 0 aliphatic heterocycles. The first kappa shape index (κ1) is 17.2. The van der Waals surface area contributed by atoms with Gasteiger partial charge in [-0.2, -0.15) is 0 Å². The van der Waals surface area contributed by atoms with Crippen molar-refractivity contribution in [2.45, 2.75) is 49.1 Å². The number of H-pyrrole nitrogens is 1. The second-order valence-corrected chi connectivity index (χ2v) is 8.05. The summed E-state index contributed by atoms with van der Waals surface area (Å²) in [5, 5.41) is 3.71. The van der Waals surface area contributed by atoms with Crippen LogP contribution < -0.4 is 5.32 Å². The van der Waals surface area contributed by atoms with Crippen LogP contribution in [-0.4, -0.2) is 21.9 Å². The van der Waals surface area contributed by atoms with E-state index >= 15 is 0 Å².